The van der Waals surface area contributed by atoms with Gasteiger partial charge in [-0.25, -0.2) is 0 Å². The first-order valence-corrected chi connectivity index (χ1v) is 7.90. The van der Waals surface area contributed by atoms with Gasteiger partial charge in [-0.2, -0.15) is 0 Å². The van der Waals surface area contributed by atoms with E-state index in [9.17, 15) is 4.79 Å². The largest absolute Gasteiger partial charge is 0.496 e. The summed E-state index contributed by atoms with van der Waals surface area (Å²) < 4.78 is 5.30. The highest BCUT2D eigenvalue weighted by Crippen LogP contribution is 2.22. The molecule has 0 amide bonds. The number of Topliss-reactive ketones (excluding diaryl/α,β-unsaturated/α-hetero) is 1. The Morgan fingerprint density at radius 3 is 2.90 bits per heavy atom. The van der Waals surface area contributed by atoms with Crippen LogP contribution in [0.2, 0.25) is 0 Å². The molecule has 0 bridgehead atoms. The number of rotatable bonds is 4. The van der Waals surface area contributed by atoms with Crippen LogP contribution in [0.4, 0.5) is 0 Å². The summed E-state index contributed by atoms with van der Waals surface area (Å²) in [6.07, 6.45) is 3.74. The topological polar surface area (TPSA) is 32.8 Å². The lowest BCUT2D eigenvalue weighted by Gasteiger charge is -2.25. The van der Waals surface area contributed by atoms with E-state index in [0.717, 1.165) is 19.5 Å². The van der Waals surface area contributed by atoms with Gasteiger partial charge in [0, 0.05) is 12.6 Å². The molecule has 2 heterocycles. The van der Waals surface area contributed by atoms with Gasteiger partial charge in [0.2, 0.25) is 0 Å². The van der Waals surface area contributed by atoms with Gasteiger partial charge in [-0.3, -0.25) is 14.6 Å². The molecule has 4 heteroatoms. The van der Waals surface area contributed by atoms with Crippen molar-refractivity contribution in [3.63, 3.8) is 0 Å². The number of carbonyl (C=O) groups excluding carboxylic acids is 1. The van der Waals surface area contributed by atoms with Crippen LogP contribution in [-0.4, -0.2) is 61.5 Å². The van der Waals surface area contributed by atoms with Crippen molar-refractivity contribution >= 4 is 5.78 Å². The summed E-state index contributed by atoms with van der Waals surface area (Å²) in [6, 6.07) is 8.17. The Hall–Kier alpha value is -1.39. The van der Waals surface area contributed by atoms with Crippen LogP contribution in [0, 0.1) is 0 Å². The smallest absolute Gasteiger partial charge is 0.180 e. The summed E-state index contributed by atoms with van der Waals surface area (Å²) in [5, 5.41) is 0. The maximum absolute atomic E-state index is 12.6. The maximum Gasteiger partial charge on any atom is 0.180 e. The van der Waals surface area contributed by atoms with E-state index < -0.39 is 0 Å². The van der Waals surface area contributed by atoms with E-state index in [2.05, 4.69) is 9.80 Å². The maximum atomic E-state index is 12.6. The van der Waals surface area contributed by atoms with E-state index in [0.29, 0.717) is 23.9 Å². The van der Waals surface area contributed by atoms with Gasteiger partial charge < -0.3 is 4.74 Å². The first-order chi connectivity index (χ1) is 10.3. The highest BCUT2D eigenvalue weighted by molar-refractivity contribution is 6.00. The van der Waals surface area contributed by atoms with Crippen molar-refractivity contribution in [3.05, 3.63) is 29.8 Å². The number of methoxy groups -OCH3 is 1. The predicted molar refractivity (Wildman–Crippen MR) is 83.0 cm³/mol. The first-order valence-electron chi connectivity index (χ1n) is 7.90. The molecule has 2 fully saturated rings. The fourth-order valence-electron chi connectivity index (χ4n) is 3.59. The Kier molecular flexibility index (Phi) is 4.56. The molecule has 0 radical (unpaired) electrons. The van der Waals surface area contributed by atoms with E-state index in [-0.39, 0.29) is 5.78 Å². The first kappa shape index (κ1) is 14.5. The van der Waals surface area contributed by atoms with Gasteiger partial charge in [-0.1, -0.05) is 12.1 Å². The summed E-state index contributed by atoms with van der Waals surface area (Å²) in [5.41, 5.74) is 0.701. The third-order valence-electron chi connectivity index (χ3n) is 4.66. The lowest BCUT2D eigenvalue weighted by atomic mass is 10.1. The minimum atomic E-state index is 0.166. The van der Waals surface area contributed by atoms with Gasteiger partial charge in [0.1, 0.15) is 5.75 Å². The second-order valence-electron chi connectivity index (χ2n) is 6.04. The third kappa shape index (κ3) is 3.27. The zero-order valence-electron chi connectivity index (χ0n) is 12.8. The molecule has 1 unspecified atom stereocenters. The van der Waals surface area contributed by atoms with Crippen molar-refractivity contribution < 1.29 is 9.53 Å². The monoisotopic (exact) mass is 288 g/mol. The van der Waals surface area contributed by atoms with E-state index >= 15 is 0 Å². The van der Waals surface area contributed by atoms with Crippen molar-refractivity contribution in [1.29, 1.82) is 0 Å². The van der Waals surface area contributed by atoms with E-state index in [1.54, 1.807) is 7.11 Å². The zero-order valence-corrected chi connectivity index (χ0v) is 12.8. The molecule has 0 aromatic heterocycles. The molecule has 1 aromatic carbocycles. The van der Waals surface area contributed by atoms with Gasteiger partial charge in [-0.15, -0.1) is 0 Å². The number of ether oxygens (including phenoxy) is 1. The second kappa shape index (κ2) is 6.58. The van der Waals surface area contributed by atoms with Gasteiger partial charge >= 0.3 is 0 Å². The standard InChI is InChI=1S/C17H24N2O2/c1-21-17-8-3-2-7-15(17)16(20)13-18-9-5-11-19-10-4-6-14(19)12-18/h2-3,7-8,14H,4-6,9-13H2,1H3. The molecular formula is C17H24N2O2. The van der Waals surface area contributed by atoms with Crippen LogP contribution in [-0.2, 0) is 0 Å². The number of fused-ring (bicyclic) bond motifs is 1. The second-order valence-corrected chi connectivity index (χ2v) is 6.04. The van der Waals surface area contributed by atoms with E-state index in [4.69, 9.17) is 4.74 Å². The Balaban J connectivity index is 1.66. The summed E-state index contributed by atoms with van der Waals surface area (Å²) in [5.74, 6) is 0.846. The Labute approximate surface area is 126 Å². The van der Waals surface area contributed by atoms with Crippen LogP contribution >= 0.6 is 0 Å². The highest BCUT2D eigenvalue weighted by Gasteiger charge is 2.29. The molecule has 0 aliphatic carbocycles. The number of hydrogen-bond acceptors (Lipinski definition) is 4. The van der Waals surface area contributed by atoms with E-state index in [1.807, 2.05) is 24.3 Å². The minimum Gasteiger partial charge on any atom is -0.496 e. The fraction of sp³-hybridized carbons (Fsp3) is 0.588. The average Bonchev–Trinajstić information content (AvgIpc) is 2.86. The number of ketones is 1. The van der Waals surface area contributed by atoms with Gasteiger partial charge in [-0.05, 0) is 51.0 Å². The molecule has 0 spiro atoms. The molecule has 2 aliphatic heterocycles. The summed E-state index contributed by atoms with van der Waals surface area (Å²) in [6.45, 7) is 4.97. The number of para-hydroxylation sites is 1. The summed E-state index contributed by atoms with van der Waals surface area (Å²) >= 11 is 0. The van der Waals surface area contributed by atoms with Crippen LogP contribution < -0.4 is 4.74 Å². The van der Waals surface area contributed by atoms with Crippen LogP contribution in [0.5, 0.6) is 5.75 Å². The summed E-state index contributed by atoms with van der Waals surface area (Å²) in [7, 11) is 1.62. The fourth-order valence-corrected chi connectivity index (χ4v) is 3.59. The number of hydrogen-bond donors (Lipinski definition) is 0. The zero-order chi connectivity index (χ0) is 14.7. The molecule has 1 aromatic rings. The van der Waals surface area contributed by atoms with Crippen LogP contribution in [0.1, 0.15) is 29.6 Å². The predicted octanol–water partition coefficient (Wildman–Crippen LogP) is 2.05. The Morgan fingerprint density at radius 1 is 1.24 bits per heavy atom. The molecule has 2 aliphatic rings. The summed E-state index contributed by atoms with van der Waals surface area (Å²) in [4.78, 5) is 17.5. The molecule has 1 atom stereocenters. The molecule has 2 saturated heterocycles. The van der Waals surface area contributed by atoms with Crippen LogP contribution in [0.3, 0.4) is 0 Å². The molecule has 0 N–H and O–H groups in total. The van der Waals surface area contributed by atoms with Crippen molar-refractivity contribution in [2.75, 3.05) is 39.8 Å². The number of nitrogens with zero attached hydrogens (tertiary/aromatic N) is 2. The minimum absolute atomic E-state index is 0.166. The third-order valence-corrected chi connectivity index (χ3v) is 4.66. The van der Waals surface area contributed by atoms with Crippen molar-refractivity contribution in [2.45, 2.75) is 25.3 Å². The molecule has 3 rings (SSSR count). The van der Waals surface area contributed by atoms with Gasteiger partial charge in [0.05, 0.1) is 19.2 Å². The molecular weight excluding hydrogens is 264 g/mol. The Bertz CT molecular complexity index is 503. The molecule has 4 nitrogen and oxygen atoms in total. The Morgan fingerprint density at radius 2 is 2.05 bits per heavy atom. The van der Waals surface area contributed by atoms with Crippen molar-refractivity contribution in [3.8, 4) is 5.75 Å². The lowest BCUT2D eigenvalue weighted by molar-refractivity contribution is 0.0922. The van der Waals surface area contributed by atoms with Crippen LogP contribution in [0.25, 0.3) is 0 Å². The van der Waals surface area contributed by atoms with Gasteiger partial charge in [0.15, 0.2) is 5.78 Å². The lowest BCUT2D eigenvalue weighted by Crippen LogP contribution is -2.38. The molecule has 21 heavy (non-hydrogen) atoms. The SMILES string of the molecule is COc1ccccc1C(=O)CN1CCCN2CCCC2C1. The van der Waals surface area contributed by atoms with Crippen molar-refractivity contribution in [1.82, 2.24) is 9.80 Å². The van der Waals surface area contributed by atoms with Crippen LogP contribution in [0.15, 0.2) is 24.3 Å². The average molecular weight is 288 g/mol. The van der Waals surface area contributed by atoms with Gasteiger partial charge in [0.25, 0.3) is 0 Å². The normalized spacial score (nSPS) is 23.6. The highest BCUT2D eigenvalue weighted by atomic mass is 16.5. The number of carbonyl (C=O) groups is 1. The van der Waals surface area contributed by atoms with Crippen molar-refractivity contribution in [2.24, 2.45) is 0 Å². The number of benzene rings is 1. The molecule has 0 saturated carbocycles. The quantitative estimate of drug-likeness (QED) is 0.794. The van der Waals surface area contributed by atoms with E-state index in [1.165, 1.54) is 25.9 Å². The molecule has 114 valence electrons.